The van der Waals surface area contributed by atoms with Crippen LogP contribution in [0, 0.1) is 11.8 Å². The van der Waals surface area contributed by atoms with E-state index in [2.05, 4.69) is 6.58 Å². The van der Waals surface area contributed by atoms with E-state index in [9.17, 15) is 14.7 Å². The molecule has 6 heteroatoms. The number of methoxy groups -OCH3 is 1. The van der Waals surface area contributed by atoms with Gasteiger partial charge in [0, 0.05) is 23.6 Å². The lowest BCUT2D eigenvalue weighted by Crippen LogP contribution is -2.46. The third-order valence-electron chi connectivity index (χ3n) is 5.57. The molecule has 0 saturated carbocycles. The molecule has 1 aromatic rings. The zero-order chi connectivity index (χ0) is 18.6. The zero-order valence-corrected chi connectivity index (χ0v) is 14.7. The van der Waals surface area contributed by atoms with Crippen LogP contribution in [-0.4, -0.2) is 36.7 Å². The van der Waals surface area contributed by atoms with Crippen LogP contribution in [0.2, 0.25) is 0 Å². The molecule has 2 bridgehead atoms. The van der Waals surface area contributed by atoms with E-state index in [1.807, 2.05) is 19.1 Å². The molecule has 4 rings (SSSR count). The predicted molar refractivity (Wildman–Crippen MR) is 92.4 cm³/mol. The number of amides is 1. The third-order valence-corrected chi connectivity index (χ3v) is 5.57. The molecule has 0 aromatic heterocycles. The Morgan fingerprint density at radius 1 is 1.46 bits per heavy atom. The highest BCUT2D eigenvalue weighted by Crippen LogP contribution is 2.56. The molecule has 26 heavy (non-hydrogen) atoms. The number of hydrogen-bond acceptors (Lipinski definition) is 5. The summed E-state index contributed by atoms with van der Waals surface area (Å²) in [4.78, 5) is 26.7. The minimum absolute atomic E-state index is 0.259. The Labute approximate surface area is 151 Å². The maximum absolute atomic E-state index is 13.3. The maximum atomic E-state index is 13.3. The summed E-state index contributed by atoms with van der Waals surface area (Å²) in [6.45, 7) is 5.87. The van der Waals surface area contributed by atoms with Crippen LogP contribution in [0.15, 0.2) is 48.6 Å². The van der Waals surface area contributed by atoms with Gasteiger partial charge in [0.15, 0.2) is 0 Å². The van der Waals surface area contributed by atoms with E-state index in [1.54, 1.807) is 36.3 Å². The summed E-state index contributed by atoms with van der Waals surface area (Å²) < 4.78 is 11.4. The monoisotopic (exact) mass is 354 g/mol. The minimum Gasteiger partial charge on any atom is -0.550 e. The maximum Gasteiger partial charge on any atom is 0.234 e. The van der Waals surface area contributed by atoms with Crippen molar-refractivity contribution in [1.29, 1.82) is 0 Å². The summed E-state index contributed by atoms with van der Waals surface area (Å²) in [7, 11) is 1.56. The standard InChI is InChI=1S/C20H21NO5/c1-11(2)9-15-20-8-7-14(26-20)16(19(23)24)17(20)18(22)21(15)12-5-4-6-13(10-12)25-3/h4-8,10,14-17H,1,9H2,2-3H3,(H,23,24)/p-1/t14-,15-,16+,17+,20-/m1/s1. The lowest BCUT2D eigenvalue weighted by molar-refractivity contribution is -0.313. The van der Waals surface area contributed by atoms with Crippen molar-refractivity contribution in [3.05, 3.63) is 48.6 Å². The second-order valence-electron chi connectivity index (χ2n) is 7.20. The summed E-state index contributed by atoms with van der Waals surface area (Å²) in [5.74, 6) is -2.66. The van der Waals surface area contributed by atoms with Gasteiger partial charge in [0.25, 0.3) is 0 Å². The van der Waals surface area contributed by atoms with Crippen LogP contribution in [0.4, 0.5) is 5.69 Å². The fourth-order valence-corrected chi connectivity index (χ4v) is 4.57. The van der Waals surface area contributed by atoms with Crippen molar-refractivity contribution in [2.75, 3.05) is 12.0 Å². The summed E-state index contributed by atoms with van der Waals surface area (Å²) in [6, 6.07) is 6.81. The smallest absolute Gasteiger partial charge is 0.234 e. The Morgan fingerprint density at radius 3 is 2.88 bits per heavy atom. The van der Waals surface area contributed by atoms with Crippen LogP contribution in [0.3, 0.4) is 0 Å². The number of fused-ring (bicyclic) bond motifs is 1. The van der Waals surface area contributed by atoms with Crippen molar-refractivity contribution in [2.45, 2.75) is 31.1 Å². The number of nitrogens with zero attached hydrogens (tertiary/aromatic N) is 1. The molecule has 1 aromatic carbocycles. The van der Waals surface area contributed by atoms with E-state index in [0.717, 1.165) is 5.57 Å². The summed E-state index contributed by atoms with van der Waals surface area (Å²) in [5.41, 5.74) is 0.583. The van der Waals surface area contributed by atoms with Gasteiger partial charge in [0.05, 0.1) is 25.2 Å². The molecule has 3 heterocycles. The molecule has 136 valence electrons. The molecular weight excluding hydrogens is 334 g/mol. The van der Waals surface area contributed by atoms with Crippen molar-refractivity contribution in [3.63, 3.8) is 0 Å². The molecule has 2 fully saturated rings. The number of carboxylic acids is 1. The van der Waals surface area contributed by atoms with Gasteiger partial charge >= 0.3 is 0 Å². The van der Waals surface area contributed by atoms with Crippen molar-refractivity contribution in [2.24, 2.45) is 11.8 Å². The number of hydrogen-bond donors (Lipinski definition) is 0. The van der Waals surface area contributed by atoms with E-state index in [0.29, 0.717) is 17.9 Å². The first-order valence-corrected chi connectivity index (χ1v) is 8.58. The second kappa shape index (κ2) is 5.71. The van der Waals surface area contributed by atoms with E-state index in [4.69, 9.17) is 9.47 Å². The van der Waals surface area contributed by atoms with Gasteiger partial charge in [-0.25, -0.2) is 0 Å². The van der Waals surface area contributed by atoms with E-state index >= 15 is 0 Å². The first-order chi connectivity index (χ1) is 12.4. The van der Waals surface area contributed by atoms with Gasteiger partial charge < -0.3 is 24.3 Å². The normalized spacial score (nSPS) is 34.2. The van der Waals surface area contributed by atoms with Crippen LogP contribution >= 0.6 is 0 Å². The fourth-order valence-electron chi connectivity index (χ4n) is 4.57. The molecular formula is C20H20NO5-. The molecule has 2 saturated heterocycles. The molecule has 3 aliphatic rings. The van der Waals surface area contributed by atoms with Crippen molar-refractivity contribution < 1.29 is 24.2 Å². The largest absolute Gasteiger partial charge is 0.550 e. The van der Waals surface area contributed by atoms with Gasteiger partial charge in [-0.2, -0.15) is 0 Å². The Hall–Kier alpha value is -2.60. The quantitative estimate of drug-likeness (QED) is 0.739. The first kappa shape index (κ1) is 16.8. The number of ether oxygens (including phenoxy) is 2. The van der Waals surface area contributed by atoms with Crippen LogP contribution < -0.4 is 14.7 Å². The lowest BCUT2D eigenvalue weighted by Gasteiger charge is -2.33. The second-order valence-corrected chi connectivity index (χ2v) is 7.20. The predicted octanol–water partition coefficient (Wildman–Crippen LogP) is 1.07. The van der Waals surface area contributed by atoms with Crippen LogP contribution in [0.1, 0.15) is 13.3 Å². The molecule has 5 atom stereocenters. The molecule has 0 radical (unpaired) electrons. The van der Waals surface area contributed by atoms with Crippen LogP contribution in [0.5, 0.6) is 5.75 Å². The first-order valence-electron chi connectivity index (χ1n) is 8.58. The summed E-state index contributed by atoms with van der Waals surface area (Å²) in [5, 5.41) is 11.7. The number of carbonyl (C=O) groups excluding carboxylic acids is 2. The highest BCUT2D eigenvalue weighted by Gasteiger charge is 2.69. The van der Waals surface area contributed by atoms with Gasteiger partial charge in [0.2, 0.25) is 5.91 Å². The van der Waals surface area contributed by atoms with Gasteiger partial charge in [-0.1, -0.05) is 23.8 Å². The number of benzene rings is 1. The molecule has 1 amide bonds. The number of anilines is 1. The molecule has 0 unspecified atom stereocenters. The van der Waals surface area contributed by atoms with Gasteiger partial charge in [0.1, 0.15) is 11.4 Å². The molecule has 1 spiro atoms. The number of carboxylic acid groups (broad SMARTS) is 1. The van der Waals surface area contributed by atoms with E-state index in [1.165, 1.54) is 0 Å². The van der Waals surface area contributed by atoms with Crippen LogP contribution in [-0.2, 0) is 14.3 Å². The number of carbonyl (C=O) groups is 2. The minimum atomic E-state index is -1.25. The Kier molecular flexibility index (Phi) is 3.70. The van der Waals surface area contributed by atoms with Crippen molar-refractivity contribution in [3.8, 4) is 5.75 Å². The van der Waals surface area contributed by atoms with Gasteiger partial charge in [-0.05, 0) is 25.5 Å². The lowest BCUT2D eigenvalue weighted by atomic mass is 9.74. The average molecular weight is 354 g/mol. The number of aliphatic carboxylic acids is 1. The summed E-state index contributed by atoms with van der Waals surface area (Å²) >= 11 is 0. The number of rotatable bonds is 5. The Balaban J connectivity index is 1.84. The van der Waals surface area contributed by atoms with Gasteiger partial charge in [-0.3, -0.25) is 4.79 Å². The van der Waals surface area contributed by atoms with E-state index < -0.39 is 29.5 Å². The molecule has 6 nitrogen and oxygen atoms in total. The Bertz CT molecular complexity index is 831. The zero-order valence-electron chi connectivity index (χ0n) is 14.7. The van der Waals surface area contributed by atoms with Crippen molar-refractivity contribution in [1.82, 2.24) is 0 Å². The molecule has 0 aliphatic carbocycles. The average Bonchev–Trinajstić information content (AvgIpc) is 3.24. The third kappa shape index (κ3) is 2.15. The SMILES string of the molecule is C=C(C)C[C@H]1N(c2cccc(OC)c2)C(=O)[C@@H]2[C@@H](C(=O)[O-])[C@H]3C=C[C@]21O3. The topological polar surface area (TPSA) is 78.9 Å². The Morgan fingerprint density at radius 2 is 2.23 bits per heavy atom. The summed E-state index contributed by atoms with van der Waals surface area (Å²) in [6.07, 6.45) is 3.49. The highest BCUT2D eigenvalue weighted by molar-refractivity contribution is 6.03. The fraction of sp³-hybridized carbons (Fsp3) is 0.400. The highest BCUT2D eigenvalue weighted by atomic mass is 16.5. The molecule has 0 N–H and O–H groups in total. The van der Waals surface area contributed by atoms with E-state index in [-0.39, 0.29) is 11.9 Å². The van der Waals surface area contributed by atoms with Crippen molar-refractivity contribution >= 4 is 17.6 Å². The molecule has 3 aliphatic heterocycles. The van der Waals surface area contributed by atoms with Gasteiger partial charge in [-0.15, -0.1) is 6.58 Å². The van der Waals surface area contributed by atoms with Crippen LogP contribution in [0.25, 0.3) is 0 Å².